The first-order chi connectivity index (χ1) is 12.0. The van der Waals surface area contributed by atoms with Crippen molar-refractivity contribution in [3.63, 3.8) is 0 Å². The molecule has 5 heteroatoms. The van der Waals surface area contributed by atoms with Crippen LogP contribution in [0, 0.1) is 11.8 Å². The highest BCUT2D eigenvalue weighted by molar-refractivity contribution is 7.18. The van der Waals surface area contributed by atoms with E-state index in [0.29, 0.717) is 24.4 Å². The molecule has 1 aromatic carbocycles. The molecule has 0 saturated heterocycles. The lowest BCUT2D eigenvalue weighted by atomic mass is 9.78. The minimum Gasteiger partial charge on any atom is -0.348 e. The molecule has 1 aliphatic carbocycles. The second kappa shape index (κ2) is 7.83. The standard InChI is InChI=1S/C20H29N3OS/c1-13-8-7-10-16(14(13)2)21-19(24)12-23(4)15(3)20-22-17-9-5-6-11-18(17)25-20/h5-6,9,11,13-16H,7-8,10,12H2,1-4H3,(H,21,24)/p+1/t13-,14+,15-,16+/m0/s1. The van der Waals surface area contributed by atoms with E-state index in [9.17, 15) is 4.79 Å². The zero-order valence-electron chi connectivity index (χ0n) is 15.7. The maximum Gasteiger partial charge on any atom is 0.275 e. The van der Waals surface area contributed by atoms with Gasteiger partial charge in [-0.05, 0) is 37.3 Å². The fourth-order valence-corrected chi connectivity index (χ4v) is 4.85. The number of para-hydroxylation sites is 1. The molecule has 5 atom stereocenters. The van der Waals surface area contributed by atoms with Crippen molar-refractivity contribution in [2.24, 2.45) is 11.8 Å². The van der Waals surface area contributed by atoms with E-state index in [0.717, 1.165) is 16.9 Å². The van der Waals surface area contributed by atoms with Gasteiger partial charge < -0.3 is 10.2 Å². The van der Waals surface area contributed by atoms with Gasteiger partial charge in [-0.2, -0.15) is 0 Å². The minimum absolute atomic E-state index is 0.163. The molecule has 136 valence electrons. The van der Waals surface area contributed by atoms with Crippen LogP contribution in [0.15, 0.2) is 24.3 Å². The topological polar surface area (TPSA) is 46.4 Å². The summed E-state index contributed by atoms with van der Waals surface area (Å²) < 4.78 is 1.21. The van der Waals surface area contributed by atoms with Crippen molar-refractivity contribution in [2.45, 2.75) is 52.1 Å². The first-order valence-electron chi connectivity index (χ1n) is 9.43. The molecule has 1 fully saturated rings. The SMILES string of the molecule is C[C@@H]1[C@@H](C)CCC[C@H]1NC(=O)C[NH+](C)[C@@H](C)c1nc2ccccc2s1. The number of quaternary nitrogens is 1. The number of hydrogen-bond donors (Lipinski definition) is 2. The quantitative estimate of drug-likeness (QED) is 0.861. The summed E-state index contributed by atoms with van der Waals surface area (Å²) in [6, 6.07) is 8.78. The molecule has 0 spiro atoms. The van der Waals surface area contributed by atoms with E-state index in [4.69, 9.17) is 4.98 Å². The van der Waals surface area contributed by atoms with Gasteiger partial charge in [0, 0.05) is 6.04 Å². The fourth-order valence-electron chi connectivity index (χ4n) is 3.74. The molecule has 25 heavy (non-hydrogen) atoms. The van der Waals surface area contributed by atoms with Gasteiger partial charge in [-0.15, -0.1) is 11.3 Å². The van der Waals surface area contributed by atoms with Crippen LogP contribution >= 0.6 is 11.3 Å². The number of benzene rings is 1. The Morgan fingerprint density at radius 1 is 1.36 bits per heavy atom. The molecule has 3 rings (SSSR count). The zero-order valence-corrected chi connectivity index (χ0v) is 16.5. The average Bonchev–Trinajstić information content (AvgIpc) is 3.02. The third-order valence-corrected chi connectivity index (χ3v) is 7.13. The van der Waals surface area contributed by atoms with Crippen molar-refractivity contribution in [1.29, 1.82) is 0 Å². The highest BCUT2D eigenvalue weighted by Crippen LogP contribution is 2.29. The third kappa shape index (κ3) is 4.21. The fraction of sp³-hybridized carbons (Fsp3) is 0.600. The molecule has 1 aliphatic rings. The number of rotatable bonds is 5. The summed E-state index contributed by atoms with van der Waals surface area (Å²) in [4.78, 5) is 18.5. The lowest BCUT2D eigenvalue weighted by Gasteiger charge is -2.34. The van der Waals surface area contributed by atoms with Gasteiger partial charge in [0.1, 0.15) is 6.04 Å². The number of nitrogens with one attached hydrogen (secondary N) is 2. The Hall–Kier alpha value is -1.46. The molecule has 1 unspecified atom stereocenters. The predicted molar refractivity (Wildman–Crippen MR) is 104 cm³/mol. The number of thiazole rings is 1. The summed E-state index contributed by atoms with van der Waals surface area (Å²) in [7, 11) is 2.09. The van der Waals surface area contributed by atoms with Crippen molar-refractivity contribution in [3.8, 4) is 0 Å². The number of carbonyl (C=O) groups excluding carboxylic acids is 1. The molecular formula is C20H30N3OS+. The molecule has 4 nitrogen and oxygen atoms in total. The third-order valence-electron chi connectivity index (χ3n) is 5.91. The van der Waals surface area contributed by atoms with E-state index >= 15 is 0 Å². The Balaban J connectivity index is 1.58. The maximum absolute atomic E-state index is 12.5. The highest BCUT2D eigenvalue weighted by atomic mass is 32.1. The Kier molecular flexibility index (Phi) is 5.74. The second-order valence-electron chi connectivity index (χ2n) is 7.71. The molecule has 2 N–H and O–H groups in total. The zero-order chi connectivity index (χ0) is 18.0. The molecule has 0 aliphatic heterocycles. The van der Waals surface area contributed by atoms with E-state index in [2.05, 4.69) is 45.3 Å². The molecule has 1 amide bonds. The molecule has 1 saturated carbocycles. The van der Waals surface area contributed by atoms with Crippen LogP contribution in [0.1, 0.15) is 51.1 Å². The summed E-state index contributed by atoms with van der Waals surface area (Å²) in [5.74, 6) is 1.43. The summed E-state index contributed by atoms with van der Waals surface area (Å²) in [6.45, 7) is 7.23. The normalized spacial score (nSPS) is 26.3. The van der Waals surface area contributed by atoms with Crippen LogP contribution < -0.4 is 10.2 Å². The van der Waals surface area contributed by atoms with Gasteiger partial charge in [-0.1, -0.05) is 38.8 Å². The number of carbonyl (C=O) groups is 1. The van der Waals surface area contributed by atoms with Crippen LogP contribution in [0.25, 0.3) is 10.2 Å². The summed E-state index contributed by atoms with van der Waals surface area (Å²) in [5, 5.41) is 4.39. The van der Waals surface area contributed by atoms with Crippen LogP contribution in [-0.2, 0) is 4.79 Å². The molecule has 1 aromatic heterocycles. The van der Waals surface area contributed by atoms with Crippen molar-refractivity contribution in [1.82, 2.24) is 10.3 Å². The van der Waals surface area contributed by atoms with E-state index in [1.165, 1.54) is 22.4 Å². The van der Waals surface area contributed by atoms with Crippen molar-refractivity contribution < 1.29 is 9.69 Å². The minimum atomic E-state index is 0.163. The Bertz CT molecular complexity index is 696. The second-order valence-corrected chi connectivity index (χ2v) is 8.77. The van der Waals surface area contributed by atoms with E-state index in [1.54, 1.807) is 11.3 Å². The van der Waals surface area contributed by atoms with Gasteiger partial charge in [-0.3, -0.25) is 4.79 Å². The monoisotopic (exact) mass is 360 g/mol. The molecule has 2 aromatic rings. The van der Waals surface area contributed by atoms with Gasteiger partial charge in [-0.25, -0.2) is 4.98 Å². The van der Waals surface area contributed by atoms with Crippen LogP contribution in [0.3, 0.4) is 0 Å². The van der Waals surface area contributed by atoms with Crippen molar-refractivity contribution in [3.05, 3.63) is 29.3 Å². The summed E-state index contributed by atoms with van der Waals surface area (Å²) in [5.41, 5.74) is 1.05. The first-order valence-corrected chi connectivity index (χ1v) is 10.2. The van der Waals surface area contributed by atoms with E-state index in [1.807, 2.05) is 12.1 Å². The molecule has 1 heterocycles. The summed E-state index contributed by atoms with van der Waals surface area (Å²) >= 11 is 1.73. The Morgan fingerprint density at radius 2 is 2.12 bits per heavy atom. The van der Waals surface area contributed by atoms with Gasteiger partial charge in [0.15, 0.2) is 11.6 Å². The van der Waals surface area contributed by atoms with Crippen LogP contribution in [0.4, 0.5) is 0 Å². The lowest BCUT2D eigenvalue weighted by molar-refractivity contribution is -0.902. The Morgan fingerprint density at radius 3 is 2.88 bits per heavy atom. The predicted octanol–water partition coefficient (Wildman–Crippen LogP) is 2.81. The molecule has 0 bridgehead atoms. The smallest absolute Gasteiger partial charge is 0.275 e. The number of amides is 1. The number of fused-ring (bicyclic) bond motifs is 1. The number of likely N-dealkylation sites (N-methyl/N-ethyl adjacent to an activating group) is 1. The largest absolute Gasteiger partial charge is 0.348 e. The van der Waals surface area contributed by atoms with Crippen molar-refractivity contribution >= 4 is 27.5 Å². The summed E-state index contributed by atoms with van der Waals surface area (Å²) in [6.07, 6.45) is 3.62. The van der Waals surface area contributed by atoms with Gasteiger partial charge >= 0.3 is 0 Å². The van der Waals surface area contributed by atoms with E-state index in [-0.39, 0.29) is 11.9 Å². The molecule has 0 radical (unpaired) electrons. The van der Waals surface area contributed by atoms with Crippen molar-refractivity contribution in [2.75, 3.05) is 13.6 Å². The van der Waals surface area contributed by atoms with Crippen LogP contribution in [0.2, 0.25) is 0 Å². The van der Waals surface area contributed by atoms with Gasteiger partial charge in [0.05, 0.1) is 17.3 Å². The number of nitrogens with zero attached hydrogens (tertiary/aromatic N) is 1. The molecular weight excluding hydrogens is 330 g/mol. The Labute approximate surface area is 154 Å². The first kappa shape index (κ1) is 18.3. The van der Waals surface area contributed by atoms with E-state index < -0.39 is 0 Å². The van der Waals surface area contributed by atoms with Gasteiger partial charge in [0.2, 0.25) is 0 Å². The maximum atomic E-state index is 12.5. The lowest BCUT2D eigenvalue weighted by Crippen LogP contribution is -3.10. The van der Waals surface area contributed by atoms with Crippen LogP contribution in [0.5, 0.6) is 0 Å². The van der Waals surface area contributed by atoms with Crippen LogP contribution in [-0.4, -0.2) is 30.5 Å². The highest BCUT2D eigenvalue weighted by Gasteiger charge is 2.29. The van der Waals surface area contributed by atoms with Gasteiger partial charge in [0.25, 0.3) is 5.91 Å². The number of hydrogen-bond acceptors (Lipinski definition) is 3. The number of aromatic nitrogens is 1. The average molecular weight is 361 g/mol.